The molecule has 0 unspecified atom stereocenters. The van der Waals surface area contributed by atoms with E-state index >= 15 is 0 Å². The van der Waals surface area contributed by atoms with Crippen LogP contribution in [0.3, 0.4) is 0 Å². The minimum Gasteiger partial charge on any atom is -0.207 e. The van der Waals surface area contributed by atoms with Crippen molar-refractivity contribution in [2.75, 3.05) is 0 Å². The van der Waals surface area contributed by atoms with Gasteiger partial charge in [-0.05, 0) is 52.6 Å². The van der Waals surface area contributed by atoms with Gasteiger partial charge in [0, 0.05) is 0 Å². The number of aryl methyl sites for hydroxylation is 1. The molecule has 0 N–H and O–H groups in total. The zero-order chi connectivity index (χ0) is 21.2. The highest BCUT2D eigenvalue weighted by Gasteiger charge is 2.35. The van der Waals surface area contributed by atoms with Gasteiger partial charge in [-0.3, -0.25) is 0 Å². The Kier molecular flexibility index (Phi) is 6.85. The fourth-order valence-corrected chi connectivity index (χ4v) is 2.32. The standard InChI is InChI=1S/C11H12F4.C11H15F/c1-10(2,3)7-4-5-9(12)8(6-7)11(13,14)15;1-8-7-9(11(2,3)4)5-6-10(8)12/h4-6H,1-3H3;5-7H,1-4H3. The van der Waals surface area contributed by atoms with Crippen molar-refractivity contribution in [3.05, 3.63) is 70.3 Å². The zero-order valence-electron chi connectivity index (χ0n) is 16.9. The van der Waals surface area contributed by atoms with Gasteiger partial charge in [0.2, 0.25) is 0 Å². The molecule has 0 heterocycles. The molecule has 0 nitrogen and oxygen atoms in total. The summed E-state index contributed by atoms with van der Waals surface area (Å²) in [4.78, 5) is 0. The van der Waals surface area contributed by atoms with Crippen LogP contribution in [0.2, 0.25) is 0 Å². The van der Waals surface area contributed by atoms with Crippen LogP contribution in [0.5, 0.6) is 0 Å². The Morgan fingerprint density at radius 1 is 0.630 bits per heavy atom. The molecular weight excluding hydrogens is 359 g/mol. The van der Waals surface area contributed by atoms with Crippen LogP contribution in [0.1, 0.15) is 63.8 Å². The first-order valence-electron chi connectivity index (χ1n) is 8.67. The molecule has 0 saturated carbocycles. The molecule has 2 rings (SSSR count). The van der Waals surface area contributed by atoms with Crippen molar-refractivity contribution in [2.24, 2.45) is 0 Å². The molecule has 0 radical (unpaired) electrons. The highest BCUT2D eigenvalue weighted by Crippen LogP contribution is 2.34. The normalized spacial score (nSPS) is 12.4. The molecule has 2 aromatic carbocycles. The number of hydrogen-bond acceptors (Lipinski definition) is 0. The molecule has 0 aliphatic carbocycles. The molecule has 0 amide bonds. The third kappa shape index (κ3) is 6.64. The van der Waals surface area contributed by atoms with Crippen LogP contribution in [0.15, 0.2) is 36.4 Å². The summed E-state index contributed by atoms with van der Waals surface area (Å²) in [5, 5.41) is 0. The van der Waals surface area contributed by atoms with Gasteiger partial charge in [-0.2, -0.15) is 13.2 Å². The van der Waals surface area contributed by atoms with E-state index in [1.807, 2.05) is 12.1 Å². The molecule has 0 spiro atoms. The van der Waals surface area contributed by atoms with Crippen LogP contribution in [-0.4, -0.2) is 0 Å². The van der Waals surface area contributed by atoms with E-state index in [9.17, 15) is 22.0 Å². The van der Waals surface area contributed by atoms with Crippen LogP contribution >= 0.6 is 0 Å². The van der Waals surface area contributed by atoms with Crippen molar-refractivity contribution >= 4 is 0 Å². The quantitative estimate of drug-likeness (QED) is 0.410. The Balaban J connectivity index is 0.000000277. The van der Waals surface area contributed by atoms with Gasteiger partial charge in [-0.1, -0.05) is 59.7 Å². The number of hydrogen-bond donors (Lipinski definition) is 0. The lowest BCUT2D eigenvalue weighted by atomic mass is 9.86. The molecule has 0 aliphatic heterocycles. The molecule has 150 valence electrons. The Morgan fingerprint density at radius 3 is 1.41 bits per heavy atom. The van der Waals surface area contributed by atoms with E-state index in [1.165, 1.54) is 17.7 Å². The summed E-state index contributed by atoms with van der Waals surface area (Å²) >= 11 is 0. The SMILES string of the molecule is CC(C)(C)c1ccc(F)c(C(F)(F)F)c1.Cc1cc(C(C)(C)C)ccc1F. The average molecular weight is 386 g/mol. The number of rotatable bonds is 0. The number of benzene rings is 2. The van der Waals surface area contributed by atoms with Crippen molar-refractivity contribution in [1.82, 2.24) is 0 Å². The van der Waals surface area contributed by atoms with E-state index in [1.54, 1.807) is 27.7 Å². The van der Waals surface area contributed by atoms with Crippen molar-refractivity contribution in [2.45, 2.75) is 65.5 Å². The maximum atomic E-state index is 12.9. The summed E-state index contributed by atoms with van der Waals surface area (Å²) in [6, 6.07) is 8.41. The van der Waals surface area contributed by atoms with Crippen molar-refractivity contribution in [3.8, 4) is 0 Å². The van der Waals surface area contributed by atoms with Gasteiger partial charge in [-0.15, -0.1) is 0 Å². The summed E-state index contributed by atoms with van der Waals surface area (Å²) < 4.78 is 63.0. The molecule has 0 atom stereocenters. The van der Waals surface area contributed by atoms with E-state index in [0.717, 1.165) is 17.7 Å². The van der Waals surface area contributed by atoms with Gasteiger partial charge >= 0.3 is 6.18 Å². The zero-order valence-corrected chi connectivity index (χ0v) is 16.9. The summed E-state index contributed by atoms with van der Waals surface area (Å²) in [5.74, 6) is -1.35. The lowest BCUT2D eigenvalue weighted by Crippen LogP contribution is -2.15. The van der Waals surface area contributed by atoms with Crippen LogP contribution in [0.4, 0.5) is 22.0 Å². The molecule has 27 heavy (non-hydrogen) atoms. The van der Waals surface area contributed by atoms with Gasteiger partial charge in [0.05, 0.1) is 5.56 Å². The smallest absolute Gasteiger partial charge is 0.207 e. The second kappa shape index (κ2) is 7.99. The average Bonchev–Trinajstić information content (AvgIpc) is 2.47. The molecule has 2 aromatic rings. The summed E-state index contributed by atoms with van der Waals surface area (Å²) in [6.07, 6.45) is -4.63. The molecule has 0 bridgehead atoms. The van der Waals surface area contributed by atoms with Gasteiger partial charge in [0.25, 0.3) is 0 Å². The predicted octanol–water partition coefficient (Wildman–Crippen LogP) is 7.57. The van der Waals surface area contributed by atoms with Crippen molar-refractivity contribution in [1.29, 1.82) is 0 Å². The maximum Gasteiger partial charge on any atom is 0.419 e. The van der Waals surface area contributed by atoms with Crippen molar-refractivity contribution < 1.29 is 22.0 Å². The van der Waals surface area contributed by atoms with Crippen LogP contribution in [0.25, 0.3) is 0 Å². The summed E-state index contributed by atoms with van der Waals surface area (Å²) in [7, 11) is 0. The Morgan fingerprint density at radius 2 is 1.04 bits per heavy atom. The second-order valence-corrected chi connectivity index (χ2v) is 8.66. The van der Waals surface area contributed by atoms with Crippen LogP contribution in [0, 0.1) is 18.6 Å². The van der Waals surface area contributed by atoms with E-state index < -0.39 is 23.0 Å². The van der Waals surface area contributed by atoms with Gasteiger partial charge < -0.3 is 0 Å². The third-order valence-corrected chi connectivity index (χ3v) is 4.16. The summed E-state index contributed by atoms with van der Waals surface area (Å²) in [6.45, 7) is 13.5. The third-order valence-electron chi connectivity index (χ3n) is 4.16. The minimum atomic E-state index is -4.63. The predicted molar refractivity (Wildman–Crippen MR) is 99.9 cm³/mol. The van der Waals surface area contributed by atoms with Crippen LogP contribution in [-0.2, 0) is 17.0 Å². The van der Waals surface area contributed by atoms with Crippen LogP contribution < -0.4 is 0 Å². The maximum absolute atomic E-state index is 12.9. The Hall–Kier alpha value is -1.91. The molecule has 0 aromatic heterocycles. The Labute approximate surface area is 158 Å². The van der Waals surface area contributed by atoms with Crippen molar-refractivity contribution in [3.63, 3.8) is 0 Å². The van der Waals surface area contributed by atoms with Gasteiger partial charge in [0.15, 0.2) is 0 Å². The van der Waals surface area contributed by atoms with Gasteiger partial charge in [0.1, 0.15) is 11.6 Å². The molecule has 5 heteroatoms. The fraction of sp³-hybridized carbons (Fsp3) is 0.455. The first-order valence-corrected chi connectivity index (χ1v) is 8.67. The largest absolute Gasteiger partial charge is 0.419 e. The highest BCUT2D eigenvalue weighted by atomic mass is 19.4. The van der Waals surface area contributed by atoms with E-state index in [-0.39, 0.29) is 11.2 Å². The highest BCUT2D eigenvalue weighted by molar-refractivity contribution is 5.31. The first kappa shape index (κ1) is 23.1. The fourth-order valence-electron chi connectivity index (χ4n) is 2.32. The molecular formula is C22H27F5. The molecule has 0 saturated heterocycles. The minimum absolute atomic E-state index is 0.110. The lowest BCUT2D eigenvalue weighted by Gasteiger charge is -2.20. The van der Waals surface area contributed by atoms with E-state index in [0.29, 0.717) is 5.56 Å². The topological polar surface area (TPSA) is 0 Å². The lowest BCUT2D eigenvalue weighted by molar-refractivity contribution is -0.140. The molecule has 0 fully saturated rings. The van der Waals surface area contributed by atoms with E-state index in [2.05, 4.69) is 20.8 Å². The number of alkyl halides is 3. The second-order valence-electron chi connectivity index (χ2n) is 8.66. The van der Waals surface area contributed by atoms with Gasteiger partial charge in [-0.25, -0.2) is 8.78 Å². The summed E-state index contributed by atoms with van der Waals surface area (Å²) in [5.41, 5.74) is 0.863. The Bertz CT molecular complexity index is 775. The monoisotopic (exact) mass is 386 g/mol. The first-order chi connectivity index (χ1) is 12.0. The molecule has 0 aliphatic rings. The van der Waals surface area contributed by atoms with E-state index in [4.69, 9.17) is 0 Å². The number of halogens is 5.